The molecule has 0 atom stereocenters. The number of nitro groups is 1. The summed E-state index contributed by atoms with van der Waals surface area (Å²) in [5.74, 6) is 0.540. The van der Waals surface area contributed by atoms with Crippen molar-refractivity contribution >= 4 is 17.8 Å². The van der Waals surface area contributed by atoms with Crippen LogP contribution in [0.1, 0.15) is 11.3 Å². The van der Waals surface area contributed by atoms with E-state index < -0.39 is 21.9 Å². The van der Waals surface area contributed by atoms with Gasteiger partial charge >= 0.3 is 16.9 Å². The molecule has 23 heavy (non-hydrogen) atoms. The van der Waals surface area contributed by atoms with E-state index in [9.17, 15) is 19.7 Å². The van der Waals surface area contributed by atoms with E-state index in [0.717, 1.165) is 0 Å². The topological polar surface area (TPSA) is 118 Å². The van der Waals surface area contributed by atoms with Crippen molar-refractivity contribution in [1.82, 2.24) is 9.97 Å². The van der Waals surface area contributed by atoms with Gasteiger partial charge in [-0.05, 0) is 18.2 Å². The molecule has 0 aliphatic carbocycles. The number of nitrogens with one attached hydrogen (secondary N) is 2. The van der Waals surface area contributed by atoms with Crippen molar-refractivity contribution in [1.29, 1.82) is 0 Å². The van der Waals surface area contributed by atoms with E-state index in [1.807, 2.05) is 4.98 Å². The van der Waals surface area contributed by atoms with Gasteiger partial charge in [-0.2, -0.15) is 0 Å². The molecule has 0 saturated carbocycles. The van der Waals surface area contributed by atoms with Gasteiger partial charge in [-0.1, -0.05) is 30.9 Å². The van der Waals surface area contributed by atoms with Crippen LogP contribution >= 0.6 is 0 Å². The molecule has 0 aliphatic rings. The number of rotatable bonds is 6. The van der Waals surface area contributed by atoms with Crippen LogP contribution < -0.4 is 16.0 Å². The van der Waals surface area contributed by atoms with Gasteiger partial charge in [-0.15, -0.1) is 0 Å². The van der Waals surface area contributed by atoms with Gasteiger partial charge in [0.1, 0.15) is 18.1 Å². The molecule has 8 heteroatoms. The molecule has 0 aliphatic heterocycles. The highest BCUT2D eigenvalue weighted by atomic mass is 16.6. The first-order valence-electron chi connectivity index (χ1n) is 6.54. The molecule has 1 aromatic heterocycles. The number of nitrogens with zero attached hydrogens (tertiary/aromatic N) is 1. The molecule has 1 heterocycles. The normalized spacial score (nSPS) is 10.6. The van der Waals surface area contributed by atoms with Crippen molar-refractivity contribution in [2.45, 2.75) is 0 Å². The number of para-hydroxylation sites is 1. The van der Waals surface area contributed by atoms with Crippen LogP contribution in [-0.2, 0) is 0 Å². The number of hydrogen-bond acceptors (Lipinski definition) is 5. The molecule has 2 aromatic rings. The van der Waals surface area contributed by atoms with Crippen molar-refractivity contribution < 1.29 is 9.66 Å². The molecule has 2 rings (SSSR count). The third-order valence-corrected chi connectivity index (χ3v) is 2.83. The molecule has 0 spiro atoms. The standard InChI is InChI=1S/C15H13N3O5/c1-2-9-23-12-6-4-3-5-10(12)7-8-11-13(18(21)22)14(19)17-15(20)16-11/h2-8H,1,9H2,(H2,16,17,19,20). The summed E-state index contributed by atoms with van der Waals surface area (Å²) in [6.45, 7) is 3.85. The quantitative estimate of drug-likeness (QED) is 0.478. The number of aromatic nitrogens is 2. The third kappa shape index (κ3) is 3.82. The van der Waals surface area contributed by atoms with Crippen molar-refractivity contribution in [3.05, 3.63) is 79.1 Å². The molecular weight excluding hydrogens is 302 g/mol. The zero-order chi connectivity index (χ0) is 16.8. The maximum atomic E-state index is 11.5. The summed E-state index contributed by atoms with van der Waals surface area (Å²) < 4.78 is 5.46. The smallest absolute Gasteiger partial charge is 0.357 e. The summed E-state index contributed by atoms with van der Waals surface area (Å²) in [7, 11) is 0. The molecule has 0 fully saturated rings. The Hall–Kier alpha value is -3.42. The molecule has 118 valence electrons. The van der Waals surface area contributed by atoms with Crippen LogP contribution in [0.25, 0.3) is 12.2 Å². The minimum absolute atomic E-state index is 0.192. The molecular formula is C15H13N3O5. The summed E-state index contributed by atoms with van der Waals surface area (Å²) in [6.07, 6.45) is 4.38. The van der Waals surface area contributed by atoms with Crippen LogP contribution in [-0.4, -0.2) is 21.5 Å². The van der Waals surface area contributed by atoms with Crippen molar-refractivity contribution in [2.75, 3.05) is 6.61 Å². The van der Waals surface area contributed by atoms with Gasteiger partial charge in [-0.3, -0.25) is 19.9 Å². The fourth-order valence-corrected chi connectivity index (χ4v) is 1.87. The number of ether oxygens (including phenoxy) is 1. The number of hydrogen-bond donors (Lipinski definition) is 2. The first-order chi connectivity index (χ1) is 11.0. The van der Waals surface area contributed by atoms with Crippen LogP contribution in [0.2, 0.25) is 0 Å². The van der Waals surface area contributed by atoms with Gasteiger partial charge in [0.05, 0.1) is 4.92 Å². The fraction of sp³-hybridized carbons (Fsp3) is 0.0667. The maximum absolute atomic E-state index is 11.5. The second-order valence-electron chi connectivity index (χ2n) is 4.40. The zero-order valence-corrected chi connectivity index (χ0v) is 11.9. The lowest BCUT2D eigenvalue weighted by atomic mass is 10.1. The average molecular weight is 315 g/mol. The average Bonchev–Trinajstić information content (AvgIpc) is 2.50. The summed E-state index contributed by atoms with van der Waals surface area (Å²) in [4.78, 5) is 37.0. The Kier molecular flexibility index (Phi) is 4.88. The SMILES string of the molecule is C=CCOc1ccccc1C=Cc1[nH]c(=O)[nH]c(=O)c1[N+](=O)[O-]. The third-order valence-electron chi connectivity index (χ3n) is 2.83. The van der Waals surface area contributed by atoms with E-state index in [0.29, 0.717) is 17.9 Å². The Labute approximate surface area is 129 Å². The molecule has 0 amide bonds. The van der Waals surface area contributed by atoms with Crippen molar-refractivity contribution in [3.8, 4) is 5.75 Å². The van der Waals surface area contributed by atoms with E-state index in [1.165, 1.54) is 12.2 Å². The number of aromatic amines is 2. The number of H-pyrrole nitrogens is 2. The van der Waals surface area contributed by atoms with E-state index in [-0.39, 0.29) is 5.69 Å². The van der Waals surface area contributed by atoms with E-state index >= 15 is 0 Å². The molecule has 0 unspecified atom stereocenters. The predicted molar refractivity (Wildman–Crippen MR) is 85.4 cm³/mol. The van der Waals surface area contributed by atoms with Gasteiger partial charge in [0, 0.05) is 5.56 Å². The Bertz CT molecular complexity index is 879. The maximum Gasteiger partial charge on any atom is 0.357 e. The lowest BCUT2D eigenvalue weighted by molar-refractivity contribution is -0.386. The molecule has 1 aromatic carbocycles. The molecule has 0 radical (unpaired) electrons. The van der Waals surface area contributed by atoms with Crippen LogP contribution in [0.5, 0.6) is 5.75 Å². The van der Waals surface area contributed by atoms with Gasteiger partial charge in [0.2, 0.25) is 0 Å². The minimum atomic E-state index is -1.06. The van der Waals surface area contributed by atoms with Crippen molar-refractivity contribution in [2.24, 2.45) is 0 Å². The van der Waals surface area contributed by atoms with Crippen molar-refractivity contribution in [3.63, 3.8) is 0 Å². The summed E-state index contributed by atoms with van der Waals surface area (Å²) in [5, 5.41) is 11.0. The fourth-order valence-electron chi connectivity index (χ4n) is 1.87. The van der Waals surface area contributed by atoms with Crippen LogP contribution in [0.3, 0.4) is 0 Å². The highest BCUT2D eigenvalue weighted by molar-refractivity contribution is 5.74. The second-order valence-corrected chi connectivity index (χ2v) is 4.40. The molecule has 0 bridgehead atoms. The Morgan fingerprint density at radius 1 is 1.22 bits per heavy atom. The van der Waals surface area contributed by atoms with Gasteiger partial charge in [0.15, 0.2) is 0 Å². The highest BCUT2D eigenvalue weighted by Gasteiger charge is 2.18. The van der Waals surface area contributed by atoms with E-state index in [2.05, 4.69) is 11.6 Å². The molecule has 0 saturated heterocycles. The lowest BCUT2D eigenvalue weighted by Crippen LogP contribution is -2.25. The highest BCUT2D eigenvalue weighted by Crippen LogP contribution is 2.21. The van der Waals surface area contributed by atoms with E-state index in [4.69, 9.17) is 4.74 Å². The van der Waals surface area contributed by atoms with Crippen LogP contribution in [0.4, 0.5) is 5.69 Å². The Balaban J connectivity index is 2.46. The summed E-state index contributed by atoms with van der Waals surface area (Å²) in [5.41, 5.74) is -2.18. The summed E-state index contributed by atoms with van der Waals surface area (Å²) >= 11 is 0. The lowest BCUT2D eigenvalue weighted by Gasteiger charge is -2.06. The zero-order valence-electron chi connectivity index (χ0n) is 11.9. The Morgan fingerprint density at radius 2 is 1.96 bits per heavy atom. The van der Waals surface area contributed by atoms with E-state index in [1.54, 1.807) is 30.3 Å². The van der Waals surface area contributed by atoms with Crippen LogP contribution in [0.15, 0.2) is 46.5 Å². The van der Waals surface area contributed by atoms with Gasteiger partial charge in [0.25, 0.3) is 0 Å². The minimum Gasteiger partial charge on any atom is -0.489 e. The Morgan fingerprint density at radius 3 is 2.65 bits per heavy atom. The van der Waals surface area contributed by atoms with Crippen LogP contribution in [0, 0.1) is 10.1 Å². The first kappa shape index (κ1) is 16.0. The summed E-state index contributed by atoms with van der Waals surface area (Å²) in [6, 6.07) is 6.98. The second kappa shape index (κ2) is 7.03. The number of benzene rings is 1. The monoisotopic (exact) mass is 315 g/mol. The largest absolute Gasteiger partial charge is 0.489 e. The first-order valence-corrected chi connectivity index (χ1v) is 6.54. The predicted octanol–water partition coefficient (Wildman–Crippen LogP) is 1.71. The van der Waals surface area contributed by atoms with Gasteiger partial charge in [-0.25, -0.2) is 4.79 Å². The molecule has 8 nitrogen and oxygen atoms in total. The molecule has 2 N–H and O–H groups in total. The van der Waals surface area contributed by atoms with Gasteiger partial charge < -0.3 is 9.72 Å².